The van der Waals surface area contributed by atoms with Gasteiger partial charge in [0.2, 0.25) is 0 Å². The molecule has 1 aliphatic rings. The number of aliphatic hydroxyl groups is 1. The molecule has 1 saturated carbocycles. The lowest BCUT2D eigenvalue weighted by Crippen LogP contribution is -2.09. The van der Waals surface area contributed by atoms with E-state index in [2.05, 4.69) is 48.5 Å². The average molecular weight is 254 g/mol. The standard InChI is InChI=1S/C12H10.C6H12O/c1-3-7-11(8-4-1)12-9-5-2-6-10-12;7-6-4-2-1-3-5-6/h1-10H;6-7H,1-5H2. The van der Waals surface area contributed by atoms with Crippen molar-refractivity contribution in [3.05, 3.63) is 60.7 Å². The van der Waals surface area contributed by atoms with Crippen molar-refractivity contribution < 1.29 is 5.11 Å². The van der Waals surface area contributed by atoms with E-state index in [0.717, 1.165) is 12.8 Å². The fraction of sp³-hybridized carbons (Fsp3) is 0.333. The molecule has 1 N–H and O–H groups in total. The Balaban J connectivity index is 0.000000163. The number of benzene rings is 2. The van der Waals surface area contributed by atoms with Crippen molar-refractivity contribution in [2.75, 3.05) is 0 Å². The predicted octanol–water partition coefficient (Wildman–Crippen LogP) is 4.67. The van der Waals surface area contributed by atoms with E-state index in [1.807, 2.05) is 12.1 Å². The lowest BCUT2D eigenvalue weighted by atomic mass is 9.98. The van der Waals surface area contributed by atoms with Gasteiger partial charge in [-0.15, -0.1) is 0 Å². The smallest absolute Gasteiger partial charge is 0.0540 e. The van der Waals surface area contributed by atoms with Gasteiger partial charge < -0.3 is 5.11 Å². The highest BCUT2D eigenvalue weighted by atomic mass is 16.3. The lowest BCUT2D eigenvalue weighted by molar-refractivity contribution is 0.130. The maximum atomic E-state index is 8.91. The van der Waals surface area contributed by atoms with Crippen molar-refractivity contribution in [3.8, 4) is 11.1 Å². The zero-order valence-electron chi connectivity index (χ0n) is 11.3. The van der Waals surface area contributed by atoms with Crippen molar-refractivity contribution in [2.45, 2.75) is 38.2 Å². The summed E-state index contributed by atoms with van der Waals surface area (Å²) in [6, 6.07) is 20.8. The normalized spacial score (nSPS) is 15.4. The Morgan fingerprint density at radius 1 is 0.632 bits per heavy atom. The molecule has 0 aromatic heterocycles. The molecule has 1 fully saturated rings. The van der Waals surface area contributed by atoms with Gasteiger partial charge in [-0.2, -0.15) is 0 Å². The Bertz CT molecular complexity index is 406. The van der Waals surface area contributed by atoms with Crippen LogP contribution < -0.4 is 0 Å². The van der Waals surface area contributed by atoms with Gasteiger partial charge in [0.15, 0.2) is 0 Å². The molecule has 0 radical (unpaired) electrons. The number of aliphatic hydroxyl groups excluding tert-OH is 1. The summed E-state index contributed by atoms with van der Waals surface area (Å²) < 4.78 is 0. The van der Waals surface area contributed by atoms with Gasteiger partial charge in [0.25, 0.3) is 0 Å². The third-order valence-electron chi connectivity index (χ3n) is 3.46. The molecule has 1 aliphatic carbocycles. The Morgan fingerprint density at radius 3 is 1.37 bits per heavy atom. The summed E-state index contributed by atoms with van der Waals surface area (Å²) in [5.41, 5.74) is 2.55. The quantitative estimate of drug-likeness (QED) is 0.784. The Kier molecular flexibility index (Phi) is 5.64. The molecular weight excluding hydrogens is 232 g/mol. The van der Waals surface area contributed by atoms with E-state index < -0.39 is 0 Å². The van der Waals surface area contributed by atoms with Gasteiger partial charge in [0, 0.05) is 0 Å². The first-order valence-corrected chi connectivity index (χ1v) is 7.15. The first kappa shape index (κ1) is 13.8. The van der Waals surface area contributed by atoms with Crippen LogP contribution in [0.2, 0.25) is 0 Å². The minimum absolute atomic E-state index is 0.0359. The van der Waals surface area contributed by atoms with Gasteiger partial charge in [-0.05, 0) is 24.0 Å². The highest BCUT2D eigenvalue weighted by Gasteiger charge is 2.07. The minimum atomic E-state index is 0.0359. The fourth-order valence-corrected chi connectivity index (χ4v) is 2.34. The van der Waals surface area contributed by atoms with E-state index in [9.17, 15) is 0 Å². The molecule has 0 saturated heterocycles. The third-order valence-corrected chi connectivity index (χ3v) is 3.46. The molecule has 19 heavy (non-hydrogen) atoms. The van der Waals surface area contributed by atoms with E-state index in [1.165, 1.54) is 30.4 Å². The molecule has 0 bridgehead atoms. The summed E-state index contributed by atoms with van der Waals surface area (Å²) in [4.78, 5) is 0. The van der Waals surface area contributed by atoms with Crippen LogP contribution in [0.3, 0.4) is 0 Å². The summed E-state index contributed by atoms with van der Waals surface area (Å²) >= 11 is 0. The predicted molar refractivity (Wildman–Crippen MR) is 81.0 cm³/mol. The van der Waals surface area contributed by atoms with Gasteiger partial charge >= 0.3 is 0 Å². The summed E-state index contributed by atoms with van der Waals surface area (Å²) in [6.45, 7) is 0. The molecule has 0 unspecified atom stereocenters. The molecule has 1 nitrogen and oxygen atoms in total. The molecule has 0 atom stereocenters. The van der Waals surface area contributed by atoms with Gasteiger partial charge in [-0.3, -0.25) is 0 Å². The molecule has 100 valence electrons. The van der Waals surface area contributed by atoms with Crippen molar-refractivity contribution in [2.24, 2.45) is 0 Å². The monoisotopic (exact) mass is 254 g/mol. The van der Waals surface area contributed by atoms with E-state index in [4.69, 9.17) is 5.11 Å². The maximum Gasteiger partial charge on any atom is 0.0540 e. The van der Waals surface area contributed by atoms with Crippen LogP contribution in [0.1, 0.15) is 32.1 Å². The summed E-state index contributed by atoms with van der Waals surface area (Å²) in [7, 11) is 0. The van der Waals surface area contributed by atoms with E-state index >= 15 is 0 Å². The first-order chi connectivity index (χ1) is 9.36. The topological polar surface area (TPSA) is 20.2 Å². The summed E-state index contributed by atoms with van der Waals surface area (Å²) in [6.07, 6.45) is 5.92. The zero-order chi connectivity index (χ0) is 13.3. The van der Waals surface area contributed by atoms with Gasteiger partial charge in [-0.1, -0.05) is 79.9 Å². The maximum absolute atomic E-state index is 8.91. The largest absolute Gasteiger partial charge is 0.393 e. The number of rotatable bonds is 1. The molecule has 2 aromatic rings. The number of hydrogen-bond donors (Lipinski definition) is 1. The Hall–Kier alpha value is -1.60. The first-order valence-electron chi connectivity index (χ1n) is 7.15. The van der Waals surface area contributed by atoms with Crippen LogP contribution in [0, 0.1) is 0 Å². The van der Waals surface area contributed by atoms with Crippen molar-refractivity contribution in [3.63, 3.8) is 0 Å². The molecule has 1 heteroatoms. The van der Waals surface area contributed by atoms with Crippen LogP contribution in [0.4, 0.5) is 0 Å². The van der Waals surface area contributed by atoms with Crippen LogP contribution >= 0.6 is 0 Å². The van der Waals surface area contributed by atoms with Crippen LogP contribution in [-0.2, 0) is 0 Å². The van der Waals surface area contributed by atoms with Crippen molar-refractivity contribution >= 4 is 0 Å². The minimum Gasteiger partial charge on any atom is -0.393 e. The molecule has 0 amide bonds. The second kappa shape index (κ2) is 7.75. The second-order valence-corrected chi connectivity index (χ2v) is 5.02. The molecular formula is C18H22O. The van der Waals surface area contributed by atoms with Crippen LogP contribution in [-0.4, -0.2) is 11.2 Å². The highest BCUT2D eigenvalue weighted by molar-refractivity contribution is 5.62. The fourth-order valence-electron chi connectivity index (χ4n) is 2.34. The summed E-state index contributed by atoms with van der Waals surface area (Å²) in [5, 5.41) is 8.91. The molecule has 2 aromatic carbocycles. The van der Waals surface area contributed by atoms with E-state index in [1.54, 1.807) is 0 Å². The Labute approximate surface area is 115 Å². The average Bonchev–Trinajstić information content (AvgIpc) is 2.51. The molecule has 0 aliphatic heterocycles. The molecule has 3 rings (SSSR count). The molecule has 0 heterocycles. The van der Waals surface area contributed by atoms with E-state index in [0.29, 0.717) is 0 Å². The third kappa shape index (κ3) is 4.88. The highest BCUT2D eigenvalue weighted by Crippen LogP contribution is 2.17. The number of hydrogen-bond acceptors (Lipinski definition) is 1. The van der Waals surface area contributed by atoms with Crippen LogP contribution in [0.5, 0.6) is 0 Å². The van der Waals surface area contributed by atoms with Crippen LogP contribution in [0.15, 0.2) is 60.7 Å². The lowest BCUT2D eigenvalue weighted by Gasteiger charge is -2.14. The van der Waals surface area contributed by atoms with E-state index in [-0.39, 0.29) is 6.10 Å². The molecule has 0 spiro atoms. The zero-order valence-corrected chi connectivity index (χ0v) is 11.3. The van der Waals surface area contributed by atoms with Gasteiger partial charge in [0.1, 0.15) is 0 Å². The van der Waals surface area contributed by atoms with Crippen molar-refractivity contribution in [1.82, 2.24) is 0 Å². The SMILES string of the molecule is OC1CCCCC1.c1ccc(-c2ccccc2)cc1. The summed E-state index contributed by atoms with van der Waals surface area (Å²) in [5.74, 6) is 0. The van der Waals surface area contributed by atoms with Crippen LogP contribution in [0.25, 0.3) is 11.1 Å². The van der Waals surface area contributed by atoms with Gasteiger partial charge in [0.05, 0.1) is 6.10 Å². The van der Waals surface area contributed by atoms with Crippen molar-refractivity contribution in [1.29, 1.82) is 0 Å². The van der Waals surface area contributed by atoms with Gasteiger partial charge in [-0.25, -0.2) is 0 Å². The second-order valence-electron chi connectivity index (χ2n) is 5.02. The Morgan fingerprint density at radius 2 is 1.05 bits per heavy atom.